The molecule has 2 aliphatic rings. The maximum Gasteiger partial charge on any atom is 0.309 e. The van der Waals surface area contributed by atoms with Crippen LogP contribution in [0.5, 0.6) is 0 Å². The van der Waals surface area contributed by atoms with Gasteiger partial charge in [-0.25, -0.2) is 0 Å². The molecule has 100 valence electrons. The van der Waals surface area contributed by atoms with E-state index < -0.39 is 42.3 Å². The topological polar surface area (TPSA) is 88.1 Å². The van der Waals surface area contributed by atoms with Crippen LogP contribution in [0, 0.1) is 0 Å². The molecule has 1 unspecified atom stereocenters. The Hall–Kier alpha value is -1.63. The summed E-state index contributed by atoms with van der Waals surface area (Å²) >= 11 is 0. The number of carbonyl (C=O) groups excluding carboxylic acids is 3. The second-order valence-corrected chi connectivity index (χ2v) is 4.25. The maximum atomic E-state index is 11.2. The molecular weight excluding hydrogens is 244 g/mol. The highest BCUT2D eigenvalue weighted by Gasteiger charge is 2.51. The summed E-state index contributed by atoms with van der Waals surface area (Å²) in [5, 5.41) is 0. The summed E-state index contributed by atoms with van der Waals surface area (Å²) in [4.78, 5) is 33.3. The molecule has 7 nitrogen and oxygen atoms in total. The molecule has 18 heavy (non-hydrogen) atoms. The molecule has 0 radical (unpaired) electrons. The third-order valence-electron chi connectivity index (χ3n) is 2.79. The van der Waals surface area contributed by atoms with Gasteiger partial charge in [0, 0.05) is 13.8 Å². The average Bonchev–Trinajstić information content (AvgIpc) is 2.61. The van der Waals surface area contributed by atoms with E-state index in [9.17, 15) is 14.4 Å². The van der Waals surface area contributed by atoms with Crippen molar-refractivity contribution in [3.63, 3.8) is 0 Å². The van der Waals surface area contributed by atoms with Crippen molar-refractivity contribution in [2.24, 2.45) is 0 Å². The van der Waals surface area contributed by atoms with Gasteiger partial charge in [-0.1, -0.05) is 0 Å². The zero-order valence-electron chi connectivity index (χ0n) is 10.1. The molecule has 2 heterocycles. The van der Waals surface area contributed by atoms with Gasteiger partial charge in [0.1, 0.15) is 6.10 Å². The first kappa shape index (κ1) is 12.8. The minimum atomic E-state index is -0.809. The largest absolute Gasteiger partial charge is 0.456 e. The fourth-order valence-corrected chi connectivity index (χ4v) is 2.16. The molecule has 0 aromatic carbocycles. The third kappa shape index (κ3) is 2.61. The first-order chi connectivity index (χ1) is 8.47. The molecule has 0 N–H and O–H groups in total. The molecule has 0 aliphatic carbocycles. The number of carbonyl (C=O) groups is 3. The molecule has 7 heteroatoms. The number of esters is 3. The Morgan fingerprint density at radius 2 is 1.89 bits per heavy atom. The van der Waals surface area contributed by atoms with Crippen molar-refractivity contribution in [2.75, 3.05) is 6.61 Å². The SMILES string of the molecule is CC(=O)O[C@H]1[C@H](OC(C)=O)COC2CC(=O)O[C@@H]21. The van der Waals surface area contributed by atoms with Crippen LogP contribution in [-0.2, 0) is 33.3 Å². The first-order valence-corrected chi connectivity index (χ1v) is 5.63. The van der Waals surface area contributed by atoms with Gasteiger partial charge >= 0.3 is 17.9 Å². The highest BCUT2D eigenvalue weighted by Crippen LogP contribution is 2.30. The van der Waals surface area contributed by atoms with E-state index in [2.05, 4.69) is 0 Å². The van der Waals surface area contributed by atoms with E-state index >= 15 is 0 Å². The molecule has 2 rings (SSSR count). The summed E-state index contributed by atoms with van der Waals surface area (Å²) in [6.07, 6.45) is -2.60. The second kappa shape index (κ2) is 4.93. The lowest BCUT2D eigenvalue weighted by molar-refractivity contribution is -0.209. The van der Waals surface area contributed by atoms with E-state index in [-0.39, 0.29) is 13.0 Å². The fraction of sp³-hybridized carbons (Fsp3) is 0.727. The molecule has 4 atom stereocenters. The first-order valence-electron chi connectivity index (χ1n) is 5.63. The van der Waals surface area contributed by atoms with Gasteiger partial charge in [-0.2, -0.15) is 0 Å². The molecule has 0 amide bonds. The van der Waals surface area contributed by atoms with Crippen LogP contribution in [0.4, 0.5) is 0 Å². The summed E-state index contributed by atoms with van der Waals surface area (Å²) in [7, 11) is 0. The zero-order valence-corrected chi connectivity index (χ0v) is 10.1. The Kier molecular flexibility index (Phi) is 3.51. The van der Waals surface area contributed by atoms with Crippen molar-refractivity contribution in [1.82, 2.24) is 0 Å². The molecule has 0 saturated carbocycles. The van der Waals surface area contributed by atoms with Crippen molar-refractivity contribution in [2.45, 2.75) is 44.7 Å². The van der Waals surface area contributed by atoms with Crippen LogP contribution >= 0.6 is 0 Å². The minimum Gasteiger partial charge on any atom is -0.456 e. The van der Waals surface area contributed by atoms with E-state index in [1.165, 1.54) is 13.8 Å². The Labute approximate surface area is 103 Å². The summed E-state index contributed by atoms with van der Waals surface area (Å²) in [5.74, 6) is -1.45. The number of rotatable bonds is 2. The summed E-state index contributed by atoms with van der Waals surface area (Å²) in [6.45, 7) is 2.57. The number of ether oxygens (including phenoxy) is 4. The average molecular weight is 258 g/mol. The quantitative estimate of drug-likeness (QED) is 0.490. The highest BCUT2D eigenvalue weighted by atomic mass is 16.7. The molecule has 2 aliphatic heterocycles. The Morgan fingerprint density at radius 3 is 2.50 bits per heavy atom. The molecule has 2 saturated heterocycles. The Bertz CT molecular complexity index is 378. The molecule has 0 aromatic rings. The second-order valence-electron chi connectivity index (χ2n) is 4.25. The predicted octanol–water partition coefficient (Wildman–Crippen LogP) is -0.436. The van der Waals surface area contributed by atoms with E-state index in [0.29, 0.717) is 0 Å². The molecule has 2 fully saturated rings. The minimum absolute atomic E-state index is 0.0787. The smallest absolute Gasteiger partial charge is 0.309 e. The number of hydrogen-bond donors (Lipinski definition) is 0. The van der Waals surface area contributed by atoms with Crippen molar-refractivity contribution < 1.29 is 33.3 Å². The Balaban J connectivity index is 2.14. The monoisotopic (exact) mass is 258 g/mol. The molecular formula is C11H14O7. The van der Waals surface area contributed by atoms with Crippen LogP contribution in [0.3, 0.4) is 0 Å². The van der Waals surface area contributed by atoms with Crippen LogP contribution in [0.2, 0.25) is 0 Å². The fourth-order valence-electron chi connectivity index (χ4n) is 2.16. The van der Waals surface area contributed by atoms with E-state index in [1.54, 1.807) is 0 Å². The number of hydrogen-bond acceptors (Lipinski definition) is 7. The molecule has 0 aromatic heterocycles. The maximum absolute atomic E-state index is 11.2. The molecule has 0 spiro atoms. The van der Waals surface area contributed by atoms with Gasteiger partial charge in [-0.3, -0.25) is 14.4 Å². The zero-order chi connectivity index (χ0) is 13.3. The highest BCUT2D eigenvalue weighted by molar-refractivity contribution is 5.73. The number of fused-ring (bicyclic) bond motifs is 1. The van der Waals surface area contributed by atoms with Gasteiger partial charge in [0.15, 0.2) is 18.3 Å². The normalized spacial score (nSPS) is 34.4. The van der Waals surface area contributed by atoms with Gasteiger partial charge in [0.25, 0.3) is 0 Å². The van der Waals surface area contributed by atoms with Crippen molar-refractivity contribution in [3.8, 4) is 0 Å². The van der Waals surface area contributed by atoms with Gasteiger partial charge < -0.3 is 18.9 Å². The predicted molar refractivity (Wildman–Crippen MR) is 55.3 cm³/mol. The van der Waals surface area contributed by atoms with Crippen LogP contribution in [0.15, 0.2) is 0 Å². The summed E-state index contributed by atoms with van der Waals surface area (Å²) < 4.78 is 20.6. The van der Waals surface area contributed by atoms with Gasteiger partial charge in [0.05, 0.1) is 13.0 Å². The lowest BCUT2D eigenvalue weighted by Crippen LogP contribution is -2.54. The van der Waals surface area contributed by atoms with Crippen molar-refractivity contribution >= 4 is 17.9 Å². The van der Waals surface area contributed by atoms with Crippen LogP contribution in [-0.4, -0.2) is 48.9 Å². The van der Waals surface area contributed by atoms with Crippen molar-refractivity contribution in [3.05, 3.63) is 0 Å². The van der Waals surface area contributed by atoms with E-state index in [1.807, 2.05) is 0 Å². The van der Waals surface area contributed by atoms with Gasteiger partial charge in [0.2, 0.25) is 0 Å². The summed E-state index contributed by atoms with van der Waals surface area (Å²) in [5.41, 5.74) is 0. The Morgan fingerprint density at radius 1 is 1.22 bits per heavy atom. The van der Waals surface area contributed by atoms with Crippen LogP contribution in [0.1, 0.15) is 20.3 Å². The summed E-state index contributed by atoms with van der Waals surface area (Å²) in [6, 6.07) is 0. The van der Waals surface area contributed by atoms with Gasteiger partial charge in [-0.15, -0.1) is 0 Å². The van der Waals surface area contributed by atoms with Crippen LogP contribution in [0.25, 0.3) is 0 Å². The third-order valence-corrected chi connectivity index (χ3v) is 2.79. The molecule has 0 bridgehead atoms. The van der Waals surface area contributed by atoms with E-state index in [0.717, 1.165) is 0 Å². The van der Waals surface area contributed by atoms with Crippen LogP contribution < -0.4 is 0 Å². The van der Waals surface area contributed by atoms with E-state index in [4.69, 9.17) is 18.9 Å². The lowest BCUT2D eigenvalue weighted by atomic mass is 9.99. The van der Waals surface area contributed by atoms with Crippen molar-refractivity contribution in [1.29, 1.82) is 0 Å². The lowest BCUT2D eigenvalue weighted by Gasteiger charge is -2.36. The van der Waals surface area contributed by atoms with Gasteiger partial charge in [-0.05, 0) is 0 Å². The standard InChI is InChI=1S/C11H14O7/c1-5(12)16-8-4-15-7-3-9(14)18-10(7)11(8)17-6(2)13/h7-8,10-11H,3-4H2,1-2H3/t7?,8-,10+,11+/m1/s1.